The first-order valence-corrected chi connectivity index (χ1v) is 6.90. The number of nitro benzene ring substituents is 2. The van der Waals surface area contributed by atoms with E-state index in [-0.39, 0.29) is 22.7 Å². The first kappa shape index (κ1) is 17.7. The Morgan fingerprint density at radius 1 is 1.04 bits per heavy atom. The van der Waals surface area contributed by atoms with Gasteiger partial charge in [-0.1, -0.05) is 6.07 Å². The Balaban J connectivity index is 2.29. The number of non-ortho nitro benzene ring substituents is 1. The van der Waals surface area contributed by atoms with Crippen molar-refractivity contribution < 1.29 is 19.3 Å². The highest BCUT2D eigenvalue weighted by Gasteiger charge is 2.18. The lowest BCUT2D eigenvalue weighted by Crippen LogP contribution is -2.00. The third-order valence-electron chi connectivity index (χ3n) is 3.18. The molecular formula is C15H14N4O6. The topological polar surface area (TPSA) is 129 Å². The van der Waals surface area contributed by atoms with Crippen LogP contribution in [0.25, 0.3) is 0 Å². The molecule has 2 aromatic rings. The summed E-state index contributed by atoms with van der Waals surface area (Å²) in [6.45, 7) is 0. The van der Waals surface area contributed by atoms with E-state index in [1.165, 1.54) is 50.8 Å². The summed E-state index contributed by atoms with van der Waals surface area (Å²) in [7, 11) is 2.78. The van der Waals surface area contributed by atoms with Crippen LogP contribution >= 0.6 is 0 Å². The normalized spacial score (nSPS) is 10.5. The minimum absolute atomic E-state index is 0.0997. The van der Waals surface area contributed by atoms with Crippen LogP contribution in [0.3, 0.4) is 0 Å². The highest BCUT2D eigenvalue weighted by atomic mass is 16.6. The van der Waals surface area contributed by atoms with Gasteiger partial charge in [-0.25, -0.2) is 0 Å². The van der Waals surface area contributed by atoms with Gasteiger partial charge in [-0.05, 0) is 12.1 Å². The number of nitro groups is 2. The zero-order valence-electron chi connectivity index (χ0n) is 13.3. The minimum Gasteiger partial charge on any atom is -0.493 e. The molecule has 0 aliphatic heterocycles. The van der Waals surface area contributed by atoms with E-state index in [4.69, 9.17) is 9.47 Å². The summed E-state index contributed by atoms with van der Waals surface area (Å²) in [4.78, 5) is 20.8. The van der Waals surface area contributed by atoms with E-state index in [1.807, 2.05) is 0 Å². The minimum atomic E-state index is -0.573. The molecule has 2 rings (SSSR count). The van der Waals surface area contributed by atoms with Gasteiger partial charge in [0.05, 0.1) is 47.6 Å². The average Bonchev–Trinajstić information content (AvgIpc) is 2.61. The number of benzene rings is 2. The zero-order chi connectivity index (χ0) is 18.4. The largest absolute Gasteiger partial charge is 0.493 e. The lowest BCUT2D eigenvalue weighted by Gasteiger charge is -2.08. The molecule has 0 aliphatic rings. The fourth-order valence-corrected chi connectivity index (χ4v) is 2.01. The third kappa shape index (κ3) is 4.19. The number of nitrogens with one attached hydrogen (secondary N) is 1. The molecular weight excluding hydrogens is 332 g/mol. The molecule has 0 radical (unpaired) electrons. The first-order valence-electron chi connectivity index (χ1n) is 6.90. The monoisotopic (exact) mass is 346 g/mol. The first-order chi connectivity index (χ1) is 12.0. The molecule has 1 N–H and O–H groups in total. The predicted octanol–water partition coefficient (Wildman–Crippen LogP) is 2.97. The van der Waals surface area contributed by atoms with Crippen molar-refractivity contribution in [3.05, 3.63) is 62.2 Å². The number of methoxy groups -OCH3 is 2. The molecule has 0 saturated heterocycles. The van der Waals surface area contributed by atoms with Crippen LogP contribution in [0.4, 0.5) is 17.1 Å². The standard InChI is InChI=1S/C15H14N4O6/c1-24-14-6-10(13(19(22)23)8-15(14)25-2)9-16-17-11-4-3-5-12(7-11)18(20)21/h3-9,17H,1-2H3. The summed E-state index contributed by atoms with van der Waals surface area (Å²) in [5.41, 5.74) is 2.82. The molecule has 0 unspecified atom stereocenters. The molecule has 130 valence electrons. The third-order valence-corrected chi connectivity index (χ3v) is 3.18. The number of hydrogen-bond acceptors (Lipinski definition) is 8. The van der Waals surface area contributed by atoms with Crippen LogP contribution in [0.15, 0.2) is 41.5 Å². The van der Waals surface area contributed by atoms with E-state index in [0.717, 1.165) is 0 Å². The maximum absolute atomic E-state index is 11.2. The maximum Gasteiger partial charge on any atom is 0.282 e. The van der Waals surface area contributed by atoms with Crippen LogP contribution < -0.4 is 14.9 Å². The Morgan fingerprint density at radius 2 is 1.72 bits per heavy atom. The van der Waals surface area contributed by atoms with Crippen LogP contribution in [0.1, 0.15) is 5.56 Å². The number of rotatable bonds is 7. The second-order valence-electron chi connectivity index (χ2n) is 4.70. The van der Waals surface area contributed by atoms with Crippen molar-refractivity contribution in [2.24, 2.45) is 5.10 Å². The molecule has 0 heterocycles. The summed E-state index contributed by atoms with van der Waals surface area (Å²) in [6.07, 6.45) is 1.22. The Kier molecular flexibility index (Phi) is 5.46. The number of nitrogens with zero attached hydrogens (tertiary/aromatic N) is 3. The molecule has 0 aliphatic carbocycles. The molecule has 0 atom stereocenters. The number of ether oxygens (including phenoxy) is 2. The smallest absolute Gasteiger partial charge is 0.282 e. The van der Waals surface area contributed by atoms with Gasteiger partial charge in [0.25, 0.3) is 11.4 Å². The van der Waals surface area contributed by atoms with Gasteiger partial charge in [0.1, 0.15) is 0 Å². The van der Waals surface area contributed by atoms with Gasteiger partial charge in [-0.3, -0.25) is 25.7 Å². The van der Waals surface area contributed by atoms with Crippen molar-refractivity contribution in [3.63, 3.8) is 0 Å². The Hall–Kier alpha value is -3.69. The predicted molar refractivity (Wildman–Crippen MR) is 90.5 cm³/mol. The van der Waals surface area contributed by atoms with Gasteiger partial charge in [0.2, 0.25) is 0 Å². The molecule has 0 bridgehead atoms. The SMILES string of the molecule is COc1cc(C=NNc2cccc([N+](=O)[O-])c2)c([N+](=O)[O-])cc1OC. The van der Waals surface area contributed by atoms with E-state index in [1.54, 1.807) is 6.07 Å². The number of hydrogen-bond donors (Lipinski definition) is 1. The Morgan fingerprint density at radius 3 is 2.32 bits per heavy atom. The number of hydrazone groups is 1. The van der Waals surface area contributed by atoms with Crippen LogP contribution in [0.2, 0.25) is 0 Å². The number of anilines is 1. The van der Waals surface area contributed by atoms with Crippen molar-refractivity contribution in [1.29, 1.82) is 0 Å². The molecule has 0 amide bonds. The summed E-state index contributed by atoms with van der Waals surface area (Å²) in [5, 5.41) is 25.8. The maximum atomic E-state index is 11.2. The van der Waals surface area contributed by atoms with Crippen molar-refractivity contribution in [2.45, 2.75) is 0 Å². The summed E-state index contributed by atoms with van der Waals surface area (Å²) < 4.78 is 10.2. The van der Waals surface area contributed by atoms with Crippen molar-refractivity contribution in [1.82, 2.24) is 0 Å². The van der Waals surface area contributed by atoms with Gasteiger partial charge in [0, 0.05) is 12.1 Å². The van der Waals surface area contributed by atoms with Gasteiger partial charge in [-0.15, -0.1) is 0 Å². The Bertz CT molecular complexity index is 837. The van der Waals surface area contributed by atoms with Crippen LogP contribution in [-0.4, -0.2) is 30.3 Å². The van der Waals surface area contributed by atoms with Gasteiger partial charge in [-0.2, -0.15) is 5.10 Å². The Labute approximate surface area is 142 Å². The molecule has 25 heavy (non-hydrogen) atoms. The molecule has 10 heteroatoms. The fraction of sp³-hybridized carbons (Fsp3) is 0.133. The molecule has 0 spiro atoms. The molecule has 0 fully saturated rings. The second kappa shape index (κ2) is 7.73. The lowest BCUT2D eigenvalue weighted by molar-refractivity contribution is -0.385. The zero-order valence-corrected chi connectivity index (χ0v) is 13.3. The van der Waals surface area contributed by atoms with Gasteiger partial charge < -0.3 is 9.47 Å². The molecule has 0 saturated carbocycles. The fourth-order valence-electron chi connectivity index (χ4n) is 2.01. The summed E-state index contributed by atoms with van der Waals surface area (Å²) in [6, 6.07) is 8.35. The van der Waals surface area contributed by atoms with E-state index in [0.29, 0.717) is 11.4 Å². The van der Waals surface area contributed by atoms with Crippen molar-refractivity contribution in [3.8, 4) is 11.5 Å². The average molecular weight is 346 g/mol. The van der Waals surface area contributed by atoms with Gasteiger partial charge in [0.15, 0.2) is 11.5 Å². The van der Waals surface area contributed by atoms with Crippen LogP contribution in [-0.2, 0) is 0 Å². The quantitative estimate of drug-likeness (QED) is 0.463. The van der Waals surface area contributed by atoms with E-state index in [2.05, 4.69) is 10.5 Å². The van der Waals surface area contributed by atoms with E-state index in [9.17, 15) is 20.2 Å². The highest BCUT2D eigenvalue weighted by Crippen LogP contribution is 2.33. The van der Waals surface area contributed by atoms with Crippen molar-refractivity contribution in [2.75, 3.05) is 19.6 Å². The van der Waals surface area contributed by atoms with E-state index < -0.39 is 9.85 Å². The van der Waals surface area contributed by atoms with Crippen LogP contribution in [0.5, 0.6) is 11.5 Å². The summed E-state index contributed by atoms with van der Waals surface area (Å²) in [5.74, 6) is 0.530. The van der Waals surface area contributed by atoms with Gasteiger partial charge >= 0.3 is 0 Å². The highest BCUT2D eigenvalue weighted by molar-refractivity contribution is 5.87. The lowest BCUT2D eigenvalue weighted by atomic mass is 10.1. The summed E-state index contributed by atoms with van der Waals surface area (Å²) >= 11 is 0. The molecule has 0 aromatic heterocycles. The van der Waals surface area contributed by atoms with Crippen LogP contribution in [0, 0.1) is 20.2 Å². The molecule has 10 nitrogen and oxygen atoms in total. The second-order valence-corrected chi connectivity index (χ2v) is 4.70. The van der Waals surface area contributed by atoms with Crippen molar-refractivity contribution >= 4 is 23.3 Å². The molecule has 2 aromatic carbocycles. The van der Waals surface area contributed by atoms with E-state index >= 15 is 0 Å².